The molecule has 0 saturated heterocycles. The molecule has 2 rings (SSSR count). The molecule has 1 aromatic heterocycles. The van der Waals surface area contributed by atoms with Crippen molar-refractivity contribution in [2.75, 3.05) is 7.11 Å². The molecule has 0 atom stereocenters. The molecule has 0 radical (unpaired) electrons. The molecule has 2 aromatic rings. The lowest BCUT2D eigenvalue weighted by molar-refractivity contribution is -0.384. The molecule has 0 amide bonds. The van der Waals surface area contributed by atoms with E-state index in [0.717, 1.165) is 25.6 Å². The monoisotopic (exact) mass is 249 g/mol. The highest BCUT2D eigenvalue weighted by Crippen LogP contribution is 2.21. The van der Waals surface area contributed by atoms with Crippen LogP contribution in [0.15, 0.2) is 23.3 Å². The lowest BCUT2D eigenvalue weighted by Crippen LogP contribution is -2.11. The van der Waals surface area contributed by atoms with Gasteiger partial charge in [-0.2, -0.15) is 0 Å². The number of nitro groups is 1. The van der Waals surface area contributed by atoms with Crippen molar-refractivity contribution >= 4 is 22.6 Å². The van der Waals surface area contributed by atoms with Crippen LogP contribution >= 0.6 is 0 Å². The van der Waals surface area contributed by atoms with Gasteiger partial charge in [0.2, 0.25) is 0 Å². The van der Waals surface area contributed by atoms with E-state index in [1.165, 1.54) is 0 Å². The van der Waals surface area contributed by atoms with Crippen molar-refractivity contribution in [2.24, 2.45) is 0 Å². The fourth-order valence-corrected chi connectivity index (χ4v) is 1.54. The number of esters is 1. The highest BCUT2D eigenvalue weighted by molar-refractivity contribution is 6.03. The van der Waals surface area contributed by atoms with E-state index in [0.29, 0.717) is 0 Å². The van der Waals surface area contributed by atoms with Gasteiger partial charge < -0.3 is 9.72 Å². The van der Waals surface area contributed by atoms with Gasteiger partial charge in [0, 0.05) is 12.1 Å². The minimum absolute atomic E-state index is 0.0351. The number of H-pyrrole nitrogens is 1. The first-order valence-electron chi connectivity index (χ1n) is 4.78. The number of nitrogens with one attached hydrogen (secondary N) is 1. The maximum Gasteiger partial charge on any atom is 0.340 e. The first-order chi connectivity index (χ1) is 8.54. The second kappa shape index (κ2) is 4.24. The first-order valence-corrected chi connectivity index (χ1v) is 4.78. The fourth-order valence-electron chi connectivity index (χ4n) is 1.54. The Morgan fingerprint density at radius 3 is 2.83 bits per heavy atom. The summed E-state index contributed by atoms with van der Waals surface area (Å²) in [4.78, 5) is 39.2. The molecule has 1 aromatic carbocycles. The number of benzene rings is 1. The third-order valence-electron chi connectivity index (χ3n) is 2.34. The summed E-state index contributed by atoms with van der Waals surface area (Å²) in [5.74, 6) is -0.790. The Hall–Kier alpha value is -2.77. The molecule has 8 nitrogen and oxygen atoms in total. The molecule has 0 saturated carbocycles. The second-order valence-corrected chi connectivity index (χ2v) is 3.37. The van der Waals surface area contributed by atoms with E-state index < -0.39 is 16.5 Å². The van der Waals surface area contributed by atoms with Crippen LogP contribution in [0.1, 0.15) is 10.4 Å². The van der Waals surface area contributed by atoms with E-state index in [1.807, 2.05) is 0 Å². The number of carbonyl (C=O) groups excluding carboxylic acids is 1. The molecular formula is C10H7N3O5. The third kappa shape index (κ3) is 1.79. The number of fused-ring (bicyclic) bond motifs is 1. The van der Waals surface area contributed by atoms with Crippen molar-refractivity contribution in [3.05, 3.63) is 44.5 Å². The van der Waals surface area contributed by atoms with Crippen LogP contribution in [-0.2, 0) is 4.74 Å². The summed E-state index contributed by atoms with van der Waals surface area (Å²) in [6, 6.07) is 2.09. The molecule has 0 aliphatic heterocycles. The van der Waals surface area contributed by atoms with E-state index in [2.05, 4.69) is 14.7 Å². The normalized spacial score (nSPS) is 10.3. The highest BCUT2D eigenvalue weighted by Gasteiger charge is 2.19. The van der Waals surface area contributed by atoms with Crippen molar-refractivity contribution < 1.29 is 14.5 Å². The van der Waals surface area contributed by atoms with Gasteiger partial charge >= 0.3 is 5.97 Å². The number of methoxy groups -OCH3 is 1. The van der Waals surface area contributed by atoms with Crippen LogP contribution in [0.25, 0.3) is 10.9 Å². The van der Waals surface area contributed by atoms with Gasteiger partial charge in [0.15, 0.2) is 0 Å². The number of rotatable bonds is 2. The summed E-state index contributed by atoms with van der Waals surface area (Å²) in [7, 11) is 1.14. The molecule has 8 heteroatoms. The molecule has 0 spiro atoms. The molecule has 0 fully saturated rings. The van der Waals surface area contributed by atoms with Gasteiger partial charge in [-0.15, -0.1) is 0 Å². The fraction of sp³-hybridized carbons (Fsp3) is 0.100. The number of carbonyl (C=O) groups is 1. The zero-order valence-electron chi connectivity index (χ0n) is 9.17. The number of ether oxygens (including phenoxy) is 1. The molecule has 0 aliphatic carbocycles. The van der Waals surface area contributed by atoms with Crippen LogP contribution in [-0.4, -0.2) is 28.0 Å². The van der Waals surface area contributed by atoms with Crippen molar-refractivity contribution in [2.45, 2.75) is 0 Å². The molecule has 1 heterocycles. The molecule has 92 valence electrons. The van der Waals surface area contributed by atoms with E-state index in [9.17, 15) is 19.7 Å². The minimum Gasteiger partial charge on any atom is -0.465 e. The largest absolute Gasteiger partial charge is 0.465 e. The predicted molar refractivity (Wildman–Crippen MR) is 60.4 cm³/mol. The standard InChI is InChI=1S/C10H7N3O5/c1-18-10(15)7-3-5(13(16)17)2-6-8(7)11-4-12-9(6)14/h2-4H,1H3,(H,11,12,14). The number of hydrogen-bond donors (Lipinski definition) is 1. The van der Waals surface area contributed by atoms with Crippen LogP contribution in [0, 0.1) is 10.1 Å². The Morgan fingerprint density at radius 1 is 1.50 bits per heavy atom. The van der Waals surface area contributed by atoms with Gasteiger partial charge in [-0.05, 0) is 0 Å². The summed E-state index contributed by atoms with van der Waals surface area (Å²) in [5, 5.41) is 10.7. The van der Waals surface area contributed by atoms with Crippen molar-refractivity contribution in [3.63, 3.8) is 0 Å². The van der Waals surface area contributed by atoms with E-state index in [-0.39, 0.29) is 22.2 Å². The molecule has 0 unspecified atom stereocenters. The van der Waals surface area contributed by atoms with Crippen LogP contribution in [0.2, 0.25) is 0 Å². The maximum absolute atomic E-state index is 11.5. The van der Waals surface area contributed by atoms with Crippen LogP contribution < -0.4 is 5.56 Å². The Labute approximate surface area is 99.4 Å². The van der Waals surface area contributed by atoms with Gasteiger partial charge in [0.25, 0.3) is 11.2 Å². The van der Waals surface area contributed by atoms with Gasteiger partial charge in [-0.1, -0.05) is 0 Å². The number of nitrogens with zero attached hydrogens (tertiary/aromatic N) is 2. The van der Waals surface area contributed by atoms with Gasteiger partial charge in [-0.25, -0.2) is 9.78 Å². The summed E-state index contributed by atoms with van der Waals surface area (Å²) in [6.45, 7) is 0. The molecule has 18 heavy (non-hydrogen) atoms. The Kier molecular flexibility index (Phi) is 2.76. The SMILES string of the molecule is COC(=O)c1cc([N+](=O)[O-])cc2c(=O)[nH]cnc12. The predicted octanol–water partition coefficient (Wildman–Crippen LogP) is 0.618. The van der Waals surface area contributed by atoms with E-state index in [4.69, 9.17) is 0 Å². The lowest BCUT2D eigenvalue weighted by atomic mass is 10.1. The van der Waals surface area contributed by atoms with Crippen molar-refractivity contribution in [1.82, 2.24) is 9.97 Å². The molecule has 1 N–H and O–H groups in total. The van der Waals surface area contributed by atoms with Gasteiger partial charge in [0.05, 0.1) is 34.8 Å². The van der Waals surface area contributed by atoms with Gasteiger partial charge in [-0.3, -0.25) is 14.9 Å². The number of hydrogen-bond acceptors (Lipinski definition) is 6. The summed E-state index contributed by atoms with van der Waals surface area (Å²) in [6.07, 6.45) is 1.11. The Balaban J connectivity index is 2.90. The molecule has 0 bridgehead atoms. The number of nitro benzene ring substituents is 1. The van der Waals surface area contributed by atoms with E-state index >= 15 is 0 Å². The van der Waals surface area contributed by atoms with E-state index in [1.54, 1.807) is 0 Å². The number of aromatic nitrogens is 2. The number of non-ortho nitro benzene ring substituents is 1. The van der Waals surface area contributed by atoms with Gasteiger partial charge in [0.1, 0.15) is 0 Å². The van der Waals surface area contributed by atoms with Crippen molar-refractivity contribution in [3.8, 4) is 0 Å². The topological polar surface area (TPSA) is 115 Å². The summed E-state index contributed by atoms with van der Waals surface area (Å²) in [5.41, 5.74) is -0.987. The summed E-state index contributed by atoms with van der Waals surface area (Å²) >= 11 is 0. The second-order valence-electron chi connectivity index (χ2n) is 3.37. The Morgan fingerprint density at radius 2 is 2.22 bits per heavy atom. The average molecular weight is 249 g/mol. The zero-order chi connectivity index (χ0) is 13.3. The van der Waals surface area contributed by atoms with Crippen LogP contribution in [0.3, 0.4) is 0 Å². The van der Waals surface area contributed by atoms with Crippen molar-refractivity contribution in [1.29, 1.82) is 0 Å². The highest BCUT2D eigenvalue weighted by atomic mass is 16.6. The average Bonchev–Trinajstić information content (AvgIpc) is 2.37. The third-order valence-corrected chi connectivity index (χ3v) is 2.34. The first kappa shape index (κ1) is 11.7. The zero-order valence-corrected chi connectivity index (χ0v) is 9.17. The van der Waals surface area contributed by atoms with Crippen LogP contribution in [0.5, 0.6) is 0 Å². The maximum atomic E-state index is 11.5. The quantitative estimate of drug-likeness (QED) is 0.473. The lowest BCUT2D eigenvalue weighted by Gasteiger charge is -2.03. The minimum atomic E-state index is -0.790. The molecular weight excluding hydrogens is 242 g/mol. The summed E-state index contributed by atoms with van der Waals surface area (Å²) < 4.78 is 4.51. The smallest absolute Gasteiger partial charge is 0.340 e. The number of aromatic amines is 1. The van der Waals surface area contributed by atoms with Crippen LogP contribution in [0.4, 0.5) is 5.69 Å². The molecule has 0 aliphatic rings. The Bertz CT molecular complexity index is 706.